The molecule has 0 aliphatic heterocycles. The van der Waals surface area contributed by atoms with Crippen molar-refractivity contribution in [3.63, 3.8) is 0 Å². The van der Waals surface area contributed by atoms with Gasteiger partial charge in [0.2, 0.25) is 0 Å². The van der Waals surface area contributed by atoms with E-state index in [1.165, 1.54) is 30.3 Å². The van der Waals surface area contributed by atoms with Crippen LogP contribution in [0.3, 0.4) is 0 Å². The van der Waals surface area contributed by atoms with Crippen LogP contribution in [0.15, 0.2) is 47.4 Å². The van der Waals surface area contributed by atoms with Gasteiger partial charge in [-0.15, -0.1) is 0 Å². The predicted octanol–water partition coefficient (Wildman–Crippen LogP) is 3.87. The van der Waals surface area contributed by atoms with E-state index in [9.17, 15) is 17.6 Å². The molecule has 0 aliphatic rings. The molecule has 0 bridgehead atoms. The van der Waals surface area contributed by atoms with Crippen molar-refractivity contribution in [2.24, 2.45) is 0 Å². The first-order valence-electron chi connectivity index (χ1n) is 9.59. The number of halogens is 1. The molecule has 0 saturated carbocycles. The largest absolute Gasteiger partial charge is 0.381 e. The highest BCUT2D eigenvalue weighted by Gasteiger charge is 2.19. The summed E-state index contributed by atoms with van der Waals surface area (Å²) in [5.74, 6) is -1.04. The molecule has 2 aromatic carbocycles. The van der Waals surface area contributed by atoms with Gasteiger partial charge in [-0.05, 0) is 49.6 Å². The van der Waals surface area contributed by atoms with E-state index in [1.54, 1.807) is 13.0 Å². The Kier molecular flexibility index (Phi) is 8.60. The van der Waals surface area contributed by atoms with Crippen LogP contribution < -0.4 is 10.0 Å². The van der Waals surface area contributed by atoms with Crippen LogP contribution in [0.2, 0.25) is 0 Å². The molecule has 0 atom stereocenters. The molecule has 6 nitrogen and oxygen atoms in total. The standard InChI is InChI=1S/C21H27FN2O4S/c1-3-4-13-28-14-7-12-23-21(25)18-15-17(11-10-16(18)2)29(26,27)24-20-9-6-5-8-19(20)22/h5-6,8-11,15,24H,3-4,7,12-14H2,1-2H3,(H,23,25). The first-order chi connectivity index (χ1) is 13.8. The monoisotopic (exact) mass is 422 g/mol. The topological polar surface area (TPSA) is 84.5 Å². The third-order valence-corrected chi connectivity index (χ3v) is 5.64. The van der Waals surface area contributed by atoms with Gasteiger partial charge in [0, 0.05) is 25.3 Å². The lowest BCUT2D eigenvalue weighted by Gasteiger charge is -2.12. The van der Waals surface area contributed by atoms with Crippen molar-refractivity contribution >= 4 is 21.6 Å². The predicted molar refractivity (Wildman–Crippen MR) is 111 cm³/mol. The normalized spacial score (nSPS) is 11.3. The molecule has 2 N–H and O–H groups in total. The summed E-state index contributed by atoms with van der Waals surface area (Å²) >= 11 is 0. The first kappa shape index (κ1) is 22.8. The Hall–Kier alpha value is -2.45. The Balaban J connectivity index is 2.03. The fraction of sp³-hybridized carbons (Fsp3) is 0.381. The number of unbranched alkanes of at least 4 members (excludes halogenated alkanes) is 1. The molecular weight excluding hydrogens is 395 g/mol. The summed E-state index contributed by atoms with van der Waals surface area (Å²) in [6, 6.07) is 9.73. The second-order valence-electron chi connectivity index (χ2n) is 6.64. The van der Waals surface area contributed by atoms with Crippen molar-refractivity contribution in [1.29, 1.82) is 0 Å². The zero-order chi connectivity index (χ0) is 21.3. The van der Waals surface area contributed by atoms with E-state index in [1.807, 2.05) is 0 Å². The lowest BCUT2D eigenvalue weighted by molar-refractivity contribution is 0.0939. The Morgan fingerprint density at radius 2 is 1.83 bits per heavy atom. The Morgan fingerprint density at radius 1 is 1.10 bits per heavy atom. The summed E-state index contributed by atoms with van der Waals surface area (Å²) in [4.78, 5) is 12.4. The molecule has 0 fully saturated rings. The van der Waals surface area contributed by atoms with E-state index >= 15 is 0 Å². The fourth-order valence-electron chi connectivity index (χ4n) is 2.58. The number of amides is 1. The van der Waals surface area contributed by atoms with Gasteiger partial charge in [-0.25, -0.2) is 12.8 Å². The van der Waals surface area contributed by atoms with E-state index in [0.717, 1.165) is 18.9 Å². The van der Waals surface area contributed by atoms with Crippen LogP contribution in [0.4, 0.5) is 10.1 Å². The fourth-order valence-corrected chi connectivity index (χ4v) is 3.67. The van der Waals surface area contributed by atoms with Gasteiger partial charge in [0.15, 0.2) is 0 Å². The average Bonchev–Trinajstić information content (AvgIpc) is 2.69. The van der Waals surface area contributed by atoms with Crippen LogP contribution in [-0.2, 0) is 14.8 Å². The van der Waals surface area contributed by atoms with Gasteiger partial charge in [0.25, 0.3) is 15.9 Å². The number of rotatable bonds is 11. The van der Waals surface area contributed by atoms with E-state index in [4.69, 9.17) is 4.74 Å². The highest BCUT2D eigenvalue weighted by atomic mass is 32.2. The van der Waals surface area contributed by atoms with Crippen molar-refractivity contribution in [1.82, 2.24) is 5.32 Å². The van der Waals surface area contributed by atoms with Crippen molar-refractivity contribution in [2.75, 3.05) is 24.5 Å². The molecule has 1 amide bonds. The number of aryl methyl sites for hydroxylation is 1. The summed E-state index contributed by atoms with van der Waals surface area (Å²) in [5, 5.41) is 2.77. The Morgan fingerprint density at radius 3 is 2.55 bits per heavy atom. The molecule has 0 heterocycles. The smallest absolute Gasteiger partial charge is 0.262 e. The number of anilines is 1. The maximum atomic E-state index is 13.8. The third-order valence-electron chi connectivity index (χ3n) is 4.28. The second-order valence-corrected chi connectivity index (χ2v) is 8.32. The molecule has 0 unspecified atom stereocenters. The Labute approximate surface area is 171 Å². The van der Waals surface area contributed by atoms with Crippen molar-refractivity contribution < 1.29 is 22.3 Å². The molecule has 29 heavy (non-hydrogen) atoms. The molecular formula is C21H27FN2O4S. The van der Waals surface area contributed by atoms with Crippen molar-refractivity contribution in [3.05, 3.63) is 59.4 Å². The van der Waals surface area contributed by atoms with E-state index in [0.29, 0.717) is 31.7 Å². The molecule has 0 spiro atoms. The molecule has 0 radical (unpaired) electrons. The highest BCUT2D eigenvalue weighted by Crippen LogP contribution is 2.21. The first-order valence-corrected chi connectivity index (χ1v) is 11.1. The molecule has 0 aromatic heterocycles. The van der Waals surface area contributed by atoms with Crippen molar-refractivity contribution in [2.45, 2.75) is 38.0 Å². The van der Waals surface area contributed by atoms with Gasteiger partial charge in [-0.3, -0.25) is 9.52 Å². The number of hydrogen-bond acceptors (Lipinski definition) is 4. The molecule has 8 heteroatoms. The minimum absolute atomic E-state index is 0.112. The summed E-state index contributed by atoms with van der Waals surface area (Å²) in [6.45, 7) is 5.50. The number of hydrogen-bond donors (Lipinski definition) is 2. The number of carbonyl (C=O) groups is 1. The number of para-hydroxylation sites is 1. The number of nitrogens with one attached hydrogen (secondary N) is 2. The molecule has 158 valence electrons. The number of carbonyl (C=O) groups excluding carboxylic acids is 1. The van der Waals surface area contributed by atoms with Gasteiger partial charge in [-0.2, -0.15) is 0 Å². The number of ether oxygens (including phenoxy) is 1. The molecule has 0 saturated heterocycles. The lowest BCUT2D eigenvalue weighted by atomic mass is 10.1. The Bertz CT molecular complexity index is 932. The molecule has 0 aliphatic carbocycles. The summed E-state index contributed by atoms with van der Waals surface area (Å²) in [5.41, 5.74) is 0.752. The van der Waals surface area contributed by atoms with Gasteiger partial charge >= 0.3 is 0 Å². The van der Waals surface area contributed by atoms with Crippen LogP contribution in [0.5, 0.6) is 0 Å². The van der Waals surface area contributed by atoms with Gasteiger partial charge in [0.1, 0.15) is 5.82 Å². The quantitative estimate of drug-likeness (QED) is 0.539. The van der Waals surface area contributed by atoms with Gasteiger partial charge < -0.3 is 10.1 Å². The SMILES string of the molecule is CCCCOCCCNC(=O)c1cc(S(=O)(=O)Nc2ccccc2F)ccc1C. The minimum atomic E-state index is -4.04. The number of benzene rings is 2. The second kappa shape index (κ2) is 10.9. The van der Waals surface area contributed by atoms with Crippen molar-refractivity contribution in [3.8, 4) is 0 Å². The van der Waals surface area contributed by atoms with Gasteiger partial charge in [-0.1, -0.05) is 31.5 Å². The van der Waals surface area contributed by atoms with E-state index in [2.05, 4.69) is 17.0 Å². The van der Waals surface area contributed by atoms with Crippen LogP contribution >= 0.6 is 0 Å². The van der Waals surface area contributed by atoms with Crippen LogP contribution in [0.25, 0.3) is 0 Å². The molecule has 2 aromatic rings. The summed E-state index contributed by atoms with van der Waals surface area (Å²) in [7, 11) is -4.04. The maximum absolute atomic E-state index is 13.8. The molecule has 2 rings (SSSR count). The van der Waals surface area contributed by atoms with E-state index in [-0.39, 0.29) is 22.1 Å². The van der Waals surface area contributed by atoms with Crippen LogP contribution in [-0.4, -0.2) is 34.1 Å². The highest BCUT2D eigenvalue weighted by molar-refractivity contribution is 7.92. The average molecular weight is 423 g/mol. The maximum Gasteiger partial charge on any atom is 0.262 e. The summed E-state index contributed by atoms with van der Waals surface area (Å²) in [6.07, 6.45) is 2.75. The van der Waals surface area contributed by atoms with Crippen LogP contribution in [0.1, 0.15) is 42.1 Å². The van der Waals surface area contributed by atoms with E-state index < -0.39 is 15.8 Å². The number of sulfonamides is 1. The van der Waals surface area contributed by atoms with Crippen LogP contribution in [0, 0.1) is 12.7 Å². The zero-order valence-electron chi connectivity index (χ0n) is 16.7. The minimum Gasteiger partial charge on any atom is -0.381 e. The zero-order valence-corrected chi connectivity index (χ0v) is 17.5. The summed E-state index contributed by atoms with van der Waals surface area (Å²) < 4.78 is 46.6. The lowest BCUT2D eigenvalue weighted by Crippen LogP contribution is -2.26. The van der Waals surface area contributed by atoms with Gasteiger partial charge in [0.05, 0.1) is 10.6 Å². The third kappa shape index (κ3) is 6.83.